The summed E-state index contributed by atoms with van der Waals surface area (Å²) in [4.78, 5) is 12.6. The first-order chi connectivity index (χ1) is 14.0. The van der Waals surface area contributed by atoms with Gasteiger partial charge in [-0.1, -0.05) is 60.1 Å². The Balaban J connectivity index is 1.90. The van der Waals surface area contributed by atoms with Crippen LogP contribution in [0, 0.1) is 24.1 Å². The molecular formula is C24H18ClFN2O. The first-order valence-corrected chi connectivity index (χ1v) is 9.37. The molecule has 5 heteroatoms. The monoisotopic (exact) mass is 404 g/mol. The maximum atomic E-state index is 14.0. The number of carbonyl (C=O) groups is 1. The number of hydrogen-bond acceptors (Lipinski definition) is 2. The highest BCUT2D eigenvalue weighted by molar-refractivity contribution is 6.31. The number of nitrogens with one attached hydrogen (secondary N) is 1. The second-order valence-corrected chi connectivity index (χ2v) is 6.91. The van der Waals surface area contributed by atoms with E-state index in [0.29, 0.717) is 28.3 Å². The zero-order valence-corrected chi connectivity index (χ0v) is 16.5. The Hall–Kier alpha value is -3.42. The molecule has 0 unspecified atom stereocenters. The van der Waals surface area contributed by atoms with Crippen molar-refractivity contribution < 1.29 is 9.18 Å². The molecule has 3 rings (SSSR count). The van der Waals surface area contributed by atoms with Crippen LogP contribution in [0.3, 0.4) is 0 Å². The molecule has 0 spiro atoms. The number of carbonyl (C=O) groups excluding carboxylic acids is 1. The first-order valence-electron chi connectivity index (χ1n) is 8.99. The first kappa shape index (κ1) is 20.3. The van der Waals surface area contributed by atoms with E-state index < -0.39 is 5.91 Å². The standard InChI is InChI=1S/C24H18ClFN2O/c1-16-21(25)10-6-12-23(16)28-24(29)20(15-27)14-18-8-3-2-7-17(18)13-19-9-4-5-11-22(19)26/h2-12,14H,13H2,1H3,(H,28,29)/b20-14+. The Bertz CT molecular complexity index is 1130. The highest BCUT2D eigenvalue weighted by Crippen LogP contribution is 2.24. The number of hydrogen-bond donors (Lipinski definition) is 1. The van der Waals surface area contributed by atoms with Gasteiger partial charge in [0.2, 0.25) is 0 Å². The molecule has 0 aliphatic carbocycles. The van der Waals surface area contributed by atoms with Gasteiger partial charge >= 0.3 is 0 Å². The fraction of sp³-hybridized carbons (Fsp3) is 0.0833. The Morgan fingerprint density at radius 2 is 1.76 bits per heavy atom. The number of nitrogens with zero attached hydrogens (tertiary/aromatic N) is 1. The lowest BCUT2D eigenvalue weighted by Crippen LogP contribution is -2.14. The lowest BCUT2D eigenvalue weighted by Gasteiger charge is -2.10. The van der Waals surface area contributed by atoms with Crippen molar-refractivity contribution in [2.75, 3.05) is 5.32 Å². The second-order valence-electron chi connectivity index (χ2n) is 6.50. The molecule has 3 aromatic carbocycles. The van der Waals surface area contributed by atoms with Crippen molar-refractivity contribution in [3.05, 3.63) is 105 Å². The number of rotatable bonds is 5. The molecule has 0 saturated carbocycles. The van der Waals surface area contributed by atoms with E-state index in [0.717, 1.165) is 11.1 Å². The Kier molecular flexibility index (Phi) is 6.43. The van der Waals surface area contributed by atoms with Crippen molar-refractivity contribution in [3.63, 3.8) is 0 Å². The van der Waals surface area contributed by atoms with Gasteiger partial charge in [-0.05, 0) is 53.5 Å². The van der Waals surface area contributed by atoms with Crippen LogP contribution in [0.15, 0.2) is 72.3 Å². The molecule has 0 aliphatic heterocycles. The molecule has 0 saturated heterocycles. The number of nitriles is 1. The van der Waals surface area contributed by atoms with E-state index in [1.165, 1.54) is 12.1 Å². The molecule has 0 aliphatic rings. The van der Waals surface area contributed by atoms with Crippen LogP contribution in [0.1, 0.15) is 22.3 Å². The lowest BCUT2D eigenvalue weighted by atomic mass is 9.98. The minimum Gasteiger partial charge on any atom is -0.321 e. The highest BCUT2D eigenvalue weighted by atomic mass is 35.5. The van der Waals surface area contributed by atoms with Crippen LogP contribution in [0.2, 0.25) is 5.02 Å². The maximum Gasteiger partial charge on any atom is 0.266 e. The molecule has 144 valence electrons. The molecule has 0 radical (unpaired) electrons. The Labute approximate surface area is 174 Å². The predicted molar refractivity (Wildman–Crippen MR) is 114 cm³/mol. The summed E-state index contributed by atoms with van der Waals surface area (Å²) in [7, 11) is 0. The molecule has 1 amide bonds. The van der Waals surface area contributed by atoms with Gasteiger partial charge in [0, 0.05) is 17.1 Å². The third kappa shape index (κ3) is 4.90. The van der Waals surface area contributed by atoms with E-state index in [-0.39, 0.29) is 11.4 Å². The van der Waals surface area contributed by atoms with Crippen molar-refractivity contribution in [2.24, 2.45) is 0 Å². The van der Waals surface area contributed by atoms with Crippen molar-refractivity contribution in [1.82, 2.24) is 0 Å². The third-order valence-electron chi connectivity index (χ3n) is 4.57. The molecule has 0 bridgehead atoms. The van der Waals surface area contributed by atoms with Crippen LogP contribution < -0.4 is 5.32 Å². The number of anilines is 1. The number of amides is 1. The van der Waals surface area contributed by atoms with Gasteiger partial charge in [-0.2, -0.15) is 5.26 Å². The highest BCUT2D eigenvalue weighted by Gasteiger charge is 2.13. The topological polar surface area (TPSA) is 52.9 Å². The van der Waals surface area contributed by atoms with E-state index in [2.05, 4.69) is 5.32 Å². The van der Waals surface area contributed by atoms with Crippen molar-refractivity contribution in [2.45, 2.75) is 13.3 Å². The smallest absolute Gasteiger partial charge is 0.266 e. The van der Waals surface area contributed by atoms with E-state index in [9.17, 15) is 14.4 Å². The van der Waals surface area contributed by atoms with Gasteiger partial charge < -0.3 is 5.32 Å². The summed E-state index contributed by atoms with van der Waals surface area (Å²) in [6.45, 7) is 1.79. The number of halogens is 2. The summed E-state index contributed by atoms with van der Waals surface area (Å²) in [5.74, 6) is -0.820. The fourth-order valence-electron chi connectivity index (χ4n) is 2.92. The fourth-order valence-corrected chi connectivity index (χ4v) is 3.09. The van der Waals surface area contributed by atoms with Crippen LogP contribution >= 0.6 is 11.6 Å². The summed E-state index contributed by atoms with van der Waals surface area (Å²) >= 11 is 6.09. The molecule has 29 heavy (non-hydrogen) atoms. The van der Waals surface area contributed by atoms with E-state index in [1.54, 1.807) is 49.4 Å². The van der Waals surface area contributed by atoms with Crippen LogP contribution in [-0.2, 0) is 11.2 Å². The molecule has 3 nitrogen and oxygen atoms in total. The van der Waals surface area contributed by atoms with E-state index >= 15 is 0 Å². The molecule has 3 aromatic rings. The van der Waals surface area contributed by atoms with Crippen molar-refractivity contribution in [3.8, 4) is 6.07 Å². The quantitative estimate of drug-likeness (QED) is 0.423. The third-order valence-corrected chi connectivity index (χ3v) is 4.98. The van der Waals surface area contributed by atoms with Gasteiger partial charge in [-0.25, -0.2) is 4.39 Å². The van der Waals surface area contributed by atoms with Gasteiger partial charge in [0.15, 0.2) is 0 Å². The zero-order valence-electron chi connectivity index (χ0n) is 15.7. The average molecular weight is 405 g/mol. The Morgan fingerprint density at radius 1 is 1.07 bits per heavy atom. The van der Waals surface area contributed by atoms with Crippen molar-refractivity contribution in [1.29, 1.82) is 5.26 Å². The molecule has 1 N–H and O–H groups in total. The molecular weight excluding hydrogens is 387 g/mol. The lowest BCUT2D eigenvalue weighted by molar-refractivity contribution is -0.112. The maximum absolute atomic E-state index is 14.0. The Morgan fingerprint density at radius 3 is 2.48 bits per heavy atom. The molecule has 0 aromatic heterocycles. The van der Waals surface area contributed by atoms with E-state index in [1.807, 2.05) is 24.3 Å². The summed E-state index contributed by atoms with van der Waals surface area (Å²) in [6.07, 6.45) is 1.87. The largest absolute Gasteiger partial charge is 0.321 e. The molecule has 0 fully saturated rings. The summed E-state index contributed by atoms with van der Waals surface area (Å²) in [5.41, 5.74) is 3.27. The van der Waals surface area contributed by atoms with Gasteiger partial charge in [-0.3, -0.25) is 4.79 Å². The van der Waals surface area contributed by atoms with Gasteiger partial charge in [0.05, 0.1) is 0 Å². The van der Waals surface area contributed by atoms with Crippen LogP contribution in [-0.4, -0.2) is 5.91 Å². The van der Waals surface area contributed by atoms with Gasteiger partial charge in [-0.15, -0.1) is 0 Å². The normalized spacial score (nSPS) is 11.0. The minimum atomic E-state index is -0.529. The molecule has 0 heterocycles. The predicted octanol–water partition coefficient (Wildman–Crippen LogP) is 5.92. The summed E-state index contributed by atoms with van der Waals surface area (Å²) in [6, 6.07) is 21.0. The summed E-state index contributed by atoms with van der Waals surface area (Å²) < 4.78 is 14.0. The van der Waals surface area contributed by atoms with E-state index in [4.69, 9.17) is 11.6 Å². The zero-order chi connectivity index (χ0) is 20.8. The van der Waals surface area contributed by atoms with Crippen LogP contribution in [0.25, 0.3) is 6.08 Å². The second kappa shape index (κ2) is 9.18. The van der Waals surface area contributed by atoms with Gasteiger partial charge in [0.1, 0.15) is 17.5 Å². The van der Waals surface area contributed by atoms with Crippen LogP contribution in [0.4, 0.5) is 10.1 Å². The van der Waals surface area contributed by atoms with Gasteiger partial charge in [0.25, 0.3) is 5.91 Å². The average Bonchev–Trinajstić information content (AvgIpc) is 2.72. The molecule has 0 atom stereocenters. The minimum absolute atomic E-state index is 0.0506. The summed E-state index contributed by atoms with van der Waals surface area (Å²) in [5, 5.41) is 12.8. The SMILES string of the molecule is Cc1c(Cl)cccc1NC(=O)/C(C#N)=C/c1ccccc1Cc1ccccc1F. The van der Waals surface area contributed by atoms with Crippen LogP contribution in [0.5, 0.6) is 0 Å². The van der Waals surface area contributed by atoms with Crippen molar-refractivity contribution >= 4 is 29.3 Å². The number of benzene rings is 3.